The minimum Gasteiger partial charge on any atom is -0.367 e. The summed E-state index contributed by atoms with van der Waals surface area (Å²) in [5.74, 6) is 2.68. The van der Waals surface area contributed by atoms with Crippen molar-refractivity contribution in [1.82, 2.24) is 57.3 Å². The van der Waals surface area contributed by atoms with Crippen LogP contribution in [0.4, 0.5) is 0 Å². The quantitative estimate of drug-likeness (QED) is 0.113. The molecule has 24 aromatic rings. The molecule has 0 saturated heterocycles. The van der Waals surface area contributed by atoms with E-state index in [1.54, 1.807) is 34.0 Å². The Bertz CT molecular complexity index is 8050. The molecule has 24 rings (SSSR count). The van der Waals surface area contributed by atoms with Crippen molar-refractivity contribution in [2.75, 3.05) is 0 Å². The van der Waals surface area contributed by atoms with Crippen LogP contribution in [0.2, 0.25) is 0 Å². The molecule has 0 saturated carbocycles. The van der Waals surface area contributed by atoms with Gasteiger partial charge in [-0.2, -0.15) is 34.0 Å². The summed E-state index contributed by atoms with van der Waals surface area (Å²) < 4.78 is 13.2. The van der Waals surface area contributed by atoms with Crippen LogP contribution in [0.5, 0.6) is 0 Å². The third-order valence-electron chi connectivity index (χ3n) is 22.6. The van der Waals surface area contributed by atoms with E-state index in [2.05, 4.69) is 348 Å². The summed E-state index contributed by atoms with van der Waals surface area (Å²) in [7, 11) is 6.19. The zero-order valence-corrected chi connectivity index (χ0v) is 75.2. The Morgan fingerprint density at radius 3 is 1.15 bits per heavy atom. The summed E-state index contributed by atoms with van der Waals surface area (Å²) >= 11 is 5.08. The number of aryl methyl sites for hydroxylation is 3. The van der Waals surface area contributed by atoms with Crippen LogP contribution in [0.1, 0.15) is 0 Å². The zero-order chi connectivity index (χ0) is 79.9. The van der Waals surface area contributed by atoms with Crippen molar-refractivity contribution in [2.24, 2.45) is 21.1 Å². The molecule has 18 heteroatoms. The van der Waals surface area contributed by atoms with Crippen LogP contribution in [-0.2, 0) is 84.3 Å². The van der Waals surface area contributed by atoms with Crippen LogP contribution in [0, 0.1) is 36.4 Å². The molecule has 0 spiro atoms. The van der Waals surface area contributed by atoms with Gasteiger partial charge in [0.1, 0.15) is 0 Å². The van der Waals surface area contributed by atoms with E-state index in [0.717, 1.165) is 184 Å². The Balaban J connectivity index is 0.000000120. The van der Waals surface area contributed by atoms with Gasteiger partial charge in [-0.1, -0.05) is 143 Å². The topological polar surface area (TPSA) is 107 Å². The van der Waals surface area contributed by atoms with Gasteiger partial charge in [0.15, 0.2) is 0 Å². The van der Waals surface area contributed by atoms with Crippen LogP contribution >= 0.6 is 34.0 Å². The SMILES string of the molecule is Cn1c(-c2[c-]c3c(cc2)c2ccccc2n3-c2[c-]c(-c3cc(-c4ccsc4)ccn3)ccc2)nc2ccccc21.Cn1c(-c2[c-]c3c(cc2)c2ccccc2n3-c2[c-]c(-c3ccccn3)c(-c3ccsc3)cc2)nc2ccccc21.Cn1c(-c2[c-]c3c(cc2)c2ccccc2n3-c2[c-]c(-c3ncccc3-c3ccsc3)ccc2)nc2ccccc21.[Pt+2].[Pt+2].[Pt+2]. The Hall–Kier alpha value is -12.9. The van der Waals surface area contributed by atoms with Gasteiger partial charge >= 0.3 is 63.2 Å². The minimum absolute atomic E-state index is 0. The fraction of sp³-hybridized carbons (Fsp3) is 0.0286. The standard InChI is InChI=1S/3C35H22N4S.3Pt/c1-38-32-14-5-3-12-30(32)37-35(38)24-15-16-29-28-10-2-4-13-31(28)39(33(29)21-24)26-9-6-8-23(20-26)34-27(11-7-18-36-34)25-17-19-40-22-25;1-38-33-12-5-3-10-30(33)37-35(38)25-13-14-29-28-9-2-4-11-32(28)39(34(29)21-25)27-8-6-7-24(19-27)31-20-23(15-17-36-31)26-16-18-40-22-26;1-38-33-12-5-3-10-31(33)37-35(38)23-13-15-28-27-8-2-4-11-32(27)39(34(28)20-23)25-14-16-26(24-17-19-40-22-24)29(21-25)30-9-6-7-18-36-30;;;/h2-19,22H,1H3;2-18,20,22H,1H3;2-19,22H,1H3;;;/q3*-2;3*+2. The number of thiophene rings is 3. The maximum absolute atomic E-state index is 4.95. The van der Waals surface area contributed by atoms with E-state index in [1.807, 2.05) is 79.3 Å². The Labute approximate surface area is 763 Å². The van der Waals surface area contributed by atoms with Gasteiger partial charge in [0.25, 0.3) is 0 Å². The van der Waals surface area contributed by atoms with E-state index < -0.39 is 0 Å². The summed E-state index contributed by atoms with van der Waals surface area (Å²) in [5.41, 5.74) is 30.8. The van der Waals surface area contributed by atoms with Gasteiger partial charge in [0.05, 0.1) is 50.6 Å². The number of pyridine rings is 3. The van der Waals surface area contributed by atoms with E-state index in [4.69, 9.17) is 29.9 Å². The molecule has 0 atom stereocenters. The number of hydrogen-bond donors (Lipinski definition) is 0. The summed E-state index contributed by atoms with van der Waals surface area (Å²) in [6.45, 7) is 0. The van der Waals surface area contributed by atoms with Gasteiger partial charge in [0, 0.05) is 56.3 Å². The molecular formula is C105H66N12Pt3S3. The molecule has 0 radical (unpaired) electrons. The number of hydrogen-bond acceptors (Lipinski definition) is 9. The number of nitrogens with zero attached hydrogens (tertiary/aromatic N) is 12. The fourth-order valence-corrected chi connectivity index (χ4v) is 18.9. The van der Waals surface area contributed by atoms with Gasteiger partial charge in [-0.25, -0.2) is 0 Å². The van der Waals surface area contributed by atoms with Crippen molar-refractivity contribution in [3.05, 3.63) is 378 Å². The molecule has 0 bridgehead atoms. The number of benzene rings is 12. The Kier molecular flexibility index (Phi) is 21.9. The molecule has 0 aliphatic rings. The molecular weight excluding hydrogens is 2110 g/mol. The summed E-state index contributed by atoms with van der Waals surface area (Å²) in [6.07, 6.45) is 5.56. The number of para-hydroxylation sites is 9. The van der Waals surface area contributed by atoms with E-state index in [1.165, 1.54) is 32.8 Å². The second kappa shape index (κ2) is 33.8. The maximum Gasteiger partial charge on any atom is 2.00 e. The zero-order valence-electron chi connectivity index (χ0n) is 65.9. The third-order valence-corrected chi connectivity index (χ3v) is 24.6. The molecule has 0 amide bonds. The molecule has 0 aliphatic heterocycles. The van der Waals surface area contributed by atoms with Crippen molar-refractivity contribution in [3.63, 3.8) is 0 Å². The second-order valence-electron chi connectivity index (χ2n) is 29.5. The molecule has 0 unspecified atom stereocenters. The van der Waals surface area contributed by atoms with Crippen LogP contribution in [0.25, 0.3) is 217 Å². The first-order valence-electron chi connectivity index (χ1n) is 39.4. The first kappa shape index (κ1) is 79.8. The minimum atomic E-state index is 0. The molecule has 123 heavy (non-hydrogen) atoms. The van der Waals surface area contributed by atoms with E-state index in [-0.39, 0.29) is 63.2 Å². The van der Waals surface area contributed by atoms with Crippen LogP contribution in [-0.4, -0.2) is 57.3 Å². The van der Waals surface area contributed by atoms with Crippen molar-refractivity contribution in [3.8, 4) is 118 Å². The average molecular weight is 2180 g/mol. The second-order valence-corrected chi connectivity index (χ2v) is 31.9. The molecule has 0 fully saturated rings. The van der Waals surface area contributed by atoms with Crippen LogP contribution in [0.3, 0.4) is 0 Å². The molecule has 0 N–H and O–H groups in total. The van der Waals surface area contributed by atoms with Crippen LogP contribution in [0.15, 0.2) is 342 Å². The monoisotopic (exact) mass is 2180 g/mol. The molecule has 12 aromatic heterocycles. The predicted molar refractivity (Wildman–Crippen MR) is 494 cm³/mol. The van der Waals surface area contributed by atoms with Crippen molar-refractivity contribution in [2.45, 2.75) is 0 Å². The molecule has 12 nitrogen and oxygen atoms in total. The van der Waals surface area contributed by atoms with Gasteiger partial charge in [0.2, 0.25) is 0 Å². The van der Waals surface area contributed by atoms with Crippen molar-refractivity contribution in [1.29, 1.82) is 0 Å². The maximum atomic E-state index is 4.95. The average Bonchev–Trinajstić information content (AvgIpc) is 1.60. The predicted octanol–water partition coefficient (Wildman–Crippen LogP) is 26.2. The number of aromatic nitrogens is 12. The molecule has 594 valence electrons. The largest absolute Gasteiger partial charge is 2.00 e. The first-order chi connectivity index (χ1) is 59.3. The molecule has 12 heterocycles. The van der Waals surface area contributed by atoms with E-state index >= 15 is 0 Å². The Morgan fingerprint density at radius 1 is 0.268 bits per heavy atom. The normalized spacial score (nSPS) is 11.3. The van der Waals surface area contributed by atoms with Gasteiger partial charge in [-0.05, 0) is 212 Å². The Morgan fingerprint density at radius 2 is 0.683 bits per heavy atom. The van der Waals surface area contributed by atoms with Gasteiger partial charge in [-0.3, -0.25) is 15.0 Å². The smallest absolute Gasteiger partial charge is 0.367 e. The number of rotatable bonds is 12. The molecule has 12 aromatic carbocycles. The van der Waals surface area contributed by atoms with Gasteiger partial charge in [-0.15, -0.1) is 155 Å². The summed E-state index contributed by atoms with van der Waals surface area (Å²) in [6, 6.07) is 123. The van der Waals surface area contributed by atoms with E-state index in [0.29, 0.717) is 0 Å². The first-order valence-corrected chi connectivity index (χ1v) is 42.2. The van der Waals surface area contributed by atoms with Gasteiger partial charge < -0.3 is 42.4 Å². The van der Waals surface area contributed by atoms with Crippen molar-refractivity contribution >= 4 is 133 Å². The number of imidazole rings is 3. The van der Waals surface area contributed by atoms with E-state index in [9.17, 15) is 0 Å². The summed E-state index contributed by atoms with van der Waals surface area (Å²) in [4.78, 5) is 29.0. The molecule has 0 aliphatic carbocycles. The van der Waals surface area contributed by atoms with Crippen molar-refractivity contribution < 1.29 is 63.2 Å². The van der Waals surface area contributed by atoms with Crippen LogP contribution < -0.4 is 0 Å². The third kappa shape index (κ3) is 14.4. The number of fused-ring (bicyclic) bond motifs is 12. The summed E-state index contributed by atoms with van der Waals surface area (Å²) in [5, 5.41) is 19.8. The fourth-order valence-electron chi connectivity index (χ4n) is 16.9.